The van der Waals surface area contributed by atoms with Crippen LogP contribution in [0.2, 0.25) is 0 Å². The van der Waals surface area contributed by atoms with E-state index in [1.807, 2.05) is 0 Å². The van der Waals surface area contributed by atoms with Gasteiger partial charge in [0.15, 0.2) is 0 Å². The van der Waals surface area contributed by atoms with Gasteiger partial charge in [0, 0.05) is 11.4 Å². The SMILES string of the molecule is C=CCCl.CCCCCCCCCCCCCCCC[N+](C)(C)Cc1ccccc1. The molecule has 1 rings (SSSR count). The molecule has 0 bridgehead atoms. The minimum absolute atomic E-state index is 0.556. The summed E-state index contributed by atoms with van der Waals surface area (Å²) in [6.45, 7) is 8.09. The highest BCUT2D eigenvalue weighted by atomic mass is 35.5. The number of halogens is 1. The van der Waals surface area contributed by atoms with Gasteiger partial charge in [-0.2, -0.15) is 0 Å². The zero-order valence-corrected chi connectivity index (χ0v) is 21.3. The lowest BCUT2D eigenvalue weighted by molar-refractivity contribution is -0.903. The Morgan fingerprint density at radius 1 is 0.733 bits per heavy atom. The molecule has 1 aromatic carbocycles. The van der Waals surface area contributed by atoms with Crippen LogP contribution in [0.3, 0.4) is 0 Å². The fourth-order valence-electron chi connectivity index (χ4n) is 3.89. The Morgan fingerprint density at radius 3 is 1.53 bits per heavy atom. The Labute approximate surface area is 194 Å². The fourth-order valence-corrected chi connectivity index (χ4v) is 3.89. The Kier molecular flexibility index (Phi) is 20.9. The molecule has 0 saturated heterocycles. The van der Waals surface area contributed by atoms with E-state index in [1.165, 1.54) is 102 Å². The lowest BCUT2D eigenvalue weighted by Gasteiger charge is -2.30. The van der Waals surface area contributed by atoms with Crippen LogP contribution in [0.25, 0.3) is 0 Å². The summed E-state index contributed by atoms with van der Waals surface area (Å²) in [6, 6.07) is 10.9. The summed E-state index contributed by atoms with van der Waals surface area (Å²) in [7, 11) is 4.74. The maximum Gasteiger partial charge on any atom is 0.104 e. The van der Waals surface area contributed by atoms with Crippen molar-refractivity contribution in [2.24, 2.45) is 0 Å². The first kappa shape index (κ1) is 29.2. The molecule has 0 aliphatic carbocycles. The molecule has 0 aromatic heterocycles. The van der Waals surface area contributed by atoms with E-state index in [0.29, 0.717) is 5.88 Å². The quantitative estimate of drug-likeness (QED) is 0.0930. The van der Waals surface area contributed by atoms with Crippen molar-refractivity contribution < 1.29 is 4.48 Å². The molecule has 0 amide bonds. The van der Waals surface area contributed by atoms with Gasteiger partial charge in [0.05, 0.1) is 20.6 Å². The normalized spacial score (nSPS) is 11.1. The molecule has 0 fully saturated rings. The summed E-state index contributed by atoms with van der Waals surface area (Å²) < 4.78 is 1.11. The number of rotatable bonds is 18. The largest absolute Gasteiger partial charge is 0.325 e. The molecule has 174 valence electrons. The summed E-state index contributed by atoms with van der Waals surface area (Å²) in [5, 5.41) is 0. The molecule has 0 aliphatic rings. The van der Waals surface area contributed by atoms with Crippen molar-refractivity contribution in [3.63, 3.8) is 0 Å². The second kappa shape index (κ2) is 21.4. The topological polar surface area (TPSA) is 0 Å². The summed E-state index contributed by atoms with van der Waals surface area (Å²) in [5.41, 5.74) is 1.46. The fraction of sp³-hybridized carbons (Fsp3) is 0.714. The summed E-state index contributed by atoms with van der Waals surface area (Å²) in [6.07, 6.45) is 21.8. The molecule has 0 radical (unpaired) electrons. The Morgan fingerprint density at radius 2 is 1.13 bits per heavy atom. The maximum atomic E-state index is 5.07. The van der Waals surface area contributed by atoms with Crippen molar-refractivity contribution in [3.8, 4) is 0 Å². The predicted molar refractivity (Wildman–Crippen MR) is 138 cm³/mol. The van der Waals surface area contributed by atoms with Crippen LogP contribution in [-0.4, -0.2) is 31.0 Å². The number of alkyl halides is 1. The molecule has 2 heteroatoms. The third-order valence-corrected chi connectivity index (χ3v) is 5.90. The van der Waals surface area contributed by atoms with Crippen LogP contribution in [0.5, 0.6) is 0 Å². The highest BCUT2D eigenvalue weighted by Crippen LogP contribution is 2.15. The van der Waals surface area contributed by atoms with Gasteiger partial charge in [-0.05, 0) is 12.8 Å². The zero-order valence-electron chi connectivity index (χ0n) is 20.5. The third-order valence-electron chi connectivity index (χ3n) is 5.68. The van der Waals surface area contributed by atoms with Gasteiger partial charge < -0.3 is 4.48 Å². The summed E-state index contributed by atoms with van der Waals surface area (Å²) in [5.74, 6) is 0.556. The number of unbranched alkanes of at least 4 members (excludes halogenated alkanes) is 13. The third kappa shape index (κ3) is 20.5. The number of nitrogens with zero attached hydrogens (tertiary/aromatic N) is 1. The molecule has 0 atom stereocenters. The van der Waals surface area contributed by atoms with Crippen LogP contribution in [0.4, 0.5) is 0 Å². The zero-order chi connectivity index (χ0) is 22.3. The van der Waals surface area contributed by atoms with Gasteiger partial charge in [-0.15, -0.1) is 18.2 Å². The van der Waals surface area contributed by atoms with E-state index in [4.69, 9.17) is 11.6 Å². The molecule has 1 nitrogen and oxygen atoms in total. The van der Waals surface area contributed by atoms with Crippen LogP contribution >= 0.6 is 11.6 Å². The standard InChI is InChI=1S/C25H46N.C3H5Cl/c1-4-5-6-7-8-9-10-11-12-13-14-15-16-20-23-26(2,3)24-25-21-18-17-19-22-25;1-2-3-4/h17-19,21-22H,4-16,20,23-24H2,1-3H3;2H,1,3H2/q+1;. The first-order chi connectivity index (χ1) is 14.6. The number of benzene rings is 1. The van der Waals surface area contributed by atoms with Gasteiger partial charge in [0.1, 0.15) is 6.54 Å². The van der Waals surface area contributed by atoms with Gasteiger partial charge >= 0.3 is 0 Å². The summed E-state index contributed by atoms with van der Waals surface area (Å²) >= 11 is 5.07. The lowest BCUT2D eigenvalue weighted by atomic mass is 10.0. The number of quaternary nitrogens is 1. The Balaban J connectivity index is 0.00000192. The van der Waals surface area contributed by atoms with Gasteiger partial charge in [-0.1, -0.05) is 120 Å². The molecule has 0 saturated carbocycles. The highest BCUT2D eigenvalue weighted by molar-refractivity contribution is 6.18. The van der Waals surface area contributed by atoms with Gasteiger partial charge in [0.2, 0.25) is 0 Å². The monoisotopic (exact) mass is 436 g/mol. The molecule has 1 aromatic rings. The molecular weight excluding hydrogens is 386 g/mol. The smallest absolute Gasteiger partial charge is 0.104 e. The Bertz CT molecular complexity index is 469. The number of hydrogen-bond donors (Lipinski definition) is 0. The van der Waals surface area contributed by atoms with Crippen molar-refractivity contribution in [3.05, 3.63) is 48.6 Å². The highest BCUT2D eigenvalue weighted by Gasteiger charge is 2.14. The Hall–Kier alpha value is -0.790. The average Bonchev–Trinajstić information content (AvgIpc) is 2.74. The van der Waals surface area contributed by atoms with Crippen molar-refractivity contribution in [1.82, 2.24) is 0 Å². The lowest BCUT2D eigenvalue weighted by Crippen LogP contribution is -2.39. The average molecular weight is 437 g/mol. The second-order valence-corrected chi connectivity index (χ2v) is 9.65. The molecule has 0 unspecified atom stereocenters. The van der Waals surface area contributed by atoms with E-state index in [1.54, 1.807) is 6.08 Å². The van der Waals surface area contributed by atoms with Crippen LogP contribution in [0, 0.1) is 0 Å². The molecule has 30 heavy (non-hydrogen) atoms. The van der Waals surface area contributed by atoms with Crippen LogP contribution in [0.1, 0.15) is 102 Å². The number of allylic oxidation sites excluding steroid dienone is 1. The van der Waals surface area contributed by atoms with Crippen molar-refractivity contribution in [2.75, 3.05) is 26.5 Å². The predicted octanol–water partition coefficient (Wildman–Crippen LogP) is 9.16. The minimum atomic E-state index is 0.556. The molecule has 0 N–H and O–H groups in total. The van der Waals surface area contributed by atoms with E-state index in [-0.39, 0.29) is 0 Å². The van der Waals surface area contributed by atoms with Crippen LogP contribution < -0.4 is 0 Å². The first-order valence-corrected chi connectivity index (χ1v) is 13.1. The van der Waals surface area contributed by atoms with Gasteiger partial charge in [0.25, 0.3) is 0 Å². The molecule has 0 heterocycles. The van der Waals surface area contributed by atoms with Crippen molar-refractivity contribution in [2.45, 2.75) is 103 Å². The molecular formula is C28H51ClN+. The van der Waals surface area contributed by atoms with Crippen molar-refractivity contribution in [1.29, 1.82) is 0 Å². The van der Waals surface area contributed by atoms with E-state index < -0.39 is 0 Å². The van der Waals surface area contributed by atoms with Crippen LogP contribution in [0.15, 0.2) is 43.0 Å². The molecule has 0 aliphatic heterocycles. The van der Waals surface area contributed by atoms with E-state index in [2.05, 4.69) is 57.9 Å². The first-order valence-electron chi connectivity index (χ1n) is 12.6. The van der Waals surface area contributed by atoms with Crippen molar-refractivity contribution >= 4 is 11.6 Å². The maximum absolute atomic E-state index is 5.07. The van der Waals surface area contributed by atoms with Gasteiger partial charge in [-0.25, -0.2) is 0 Å². The van der Waals surface area contributed by atoms with E-state index in [0.717, 1.165) is 11.0 Å². The van der Waals surface area contributed by atoms with Gasteiger partial charge in [-0.3, -0.25) is 0 Å². The molecule has 0 spiro atoms. The van der Waals surface area contributed by atoms with Crippen LogP contribution in [-0.2, 0) is 6.54 Å². The number of hydrogen-bond acceptors (Lipinski definition) is 0. The van der Waals surface area contributed by atoms with E-state index >= 15 is 0 Å². The second-order valence-electron chi connectivity index (χ2n) is 9.34. The summed E-state index contributed by atoms with van der Waals surface area (Å²) in [4.78, 5) is 0. The minimum Gasteiger partial charge on any atom is -0.325 e. The van der Waals surface area contributed by atoms with E-state index in [9.17, 15) is 0 Å².